The van der Waals surface area contributed by atoms with Crippen LogP contribution in [0, 0.1) is 0 Å². The van der Waals surface area contributed by atoms with E-state index >= 15 is 0 Å². The van der Waals surface area contributed by atoms with Gasteiger partial charge in [0.05, 0.1) is 0 Å². The standard InChI is InChI=1S/C14H21N3O2/c1-9(2)16-13(18)10(3)17-14(19)12(15)11-7-5-4-6-8-11/h4-10,12H,15H2,1-3H3,(H,16,18)(H,17,19)/t10?,12-/m1/s1. The number of carbonyl (C=O) groups is 2. The fraction of sp³-hybridized carbons (Fsp3) is 0.429. The SMILES string of the molecule is CC(C)NC(=O)C(C)NC(=O)[C@H](N)c1ccccc1. The summed E-state index contributed by atoms with van der Waals surface area (Å²) in [5.41, 5.74) is 6.56. The van der Waals surface area contributed by atoms with Gasteiger partial charge in [0.1, 0.15) is 12.1 Å². The van der Waals surface area contributed by atoms with Gasteiger partial charge in [-0.05, 0) is 26.3 Å². The zero-order chi connectivity index (χ0) is 14.4. The predicted molar refractivity (Wildman–Crippen MR) is 74.3 cm³/mol. The Balaban J connectivity index is 2.57. The van der Waals surface area contributed by atoms with Crippen molar-refractivity contribution in [2.45, 2.75) is 38.9 Å². The monoisotopic (exact) mass is 263 g/mol. The Hall–Kier alpha value is -1.88. The first-order chi connectivity index (χ1) is 8.91. The minimum Gasteiger partial charge on any atom is -0.352 e. The molecule has 0 saturated carbocycles. The van der Waals surface area contributed by atoms with Crippen molar-refractivity contribution in [1.29, 1.82) is 0 Å². The fourth-order valence-corrected chi connectivity index (χ4v) is 1.59. The highest BCUT2D eigenvalue weighted by molar-refractivity contribution is 5.90. The Morgan fingerprint density at radius 2 is 1.58 bits per heavy atom. The predicted octanol–water partition coefficient (Wildman–Crippen LogP) is 0.716. The van der Waals surface area contributed by atoms with Crippen LogP contribution >= 0.6 is 0 Å². The van der Waals surface area contributed by atoms with Gasteiger partial charge in [-0.2, -0.15) is 0 Å². The maximum absolute atomic E-state index is 11.9. The summed E-state index contributed by atoms with van der Waals surface area (Å²) in [7, 11) is 0. The molecule has 0 aromatic heterocycles. The van der Waals surface area contributed by atoms with Crippen molar-refractivity contribution in [3.05, 3.63) is 35.9 Å². The van der Waals surface area contributed by atoms with Crippen LogP contribution in [0.2, 0.25) is 0 Å². The number of benzene rings is 1. The van der Waals surface area contributed by atoms with Gasteiger partial charge in [0.15, 0.2) is 0 Å². The van der Waals surface area contributed by atoms with Crippen LogP contribution in [-0.4, -0.2) is 23.9 Å². The fourth-order valence-electron chi connectivity index (χ4n) is 1.59. The highest BCUT2D eigenvalue weighted by atomic mass is 16.2. The number of rotatable bonds is 5. The van der Waals surface area contributed by atoms with Crippen molar-refractivity contribution in [3.8, 4) is 0 Å². The largest absolute Gasteiger partial charge is 0.352 e. The second-order valence-corrected chi connectivity index (χ2v) is 4.78. The molecule has 0 aliphatic carbocycles. The number of carbonyl (C=O) groups excluding carboxylic acids is 2. The van der Waals surface area contributed by atoms with Gasteiger partial charge in [-0.25, -0.2) is 0 Å². The minimum absolute atomic E-state index is 0.0367. The molecule has 1 aromatic rings. The average molecular weight is 263 g/mol. The average Bonchev–Trinajstić information content (AvgIpc) is 2.37. The van der Waals surface area contributed by atoms with Crippen LogP contribution in [0.15, 0.2) is 30.3 Å². The van der Waals surface area contributed by atoms with E-state index in [0.29, 0.717) is 0 Å². The Bertz CT molecular complexity index is 432. The quantitative estimate of drug-likeness (QED) is 0.731. The van der Waals surface area contributed by atoms with Gasteiger partial charge in [0.25, 0.3) is 0 Å². The normalized spacial score (nSPS) is 13.7. The first kappa shape index (κ1) is 15.2. The third kappa shape index (κ3) is 4.71. The summed E-state index contributed by atoms with van der Waals surface area (Å²) in [6.07, 6.45) is 0. The summed E-state index contributed by atoms with van der Waals surface area (Å²) >= 11 is 0. The zero-order valence-electron chi connectivity index (χ0n) is 11.5. The maximum atomic E-state index is 11.9. The molecule has 0 bridgehead atoms. The van der Waals surface area contributed by atoms with Crippen molar-refractivity contribution < 1.29 is 9.59 Å². The van der Waals surface area contributed by atoms with E-state index in [0.717, 1.165) is 5.56 Å². The van der Waals surface area contributed by atoms with E-state index in [9.17, 15) is 9.59 Å². The summed E-state index contributed by atoms with van der Waals surface area (Å²) in [4.78, 5) is 23.6. The highest BCUT2D eigenvalue weighted by Gasteiger charge is 2.21. The Morgan fingerprint density at radius 3 is 2.11 bits per heavy atom. The van der Waals surface area contributed by atoms with Crippen molar-refractivity contribution >= 4 is 11.8 Å². The van der Waals surface area contributed by atoms with Crippen molar-refractivity contribution in [3.63, 3.8) is 0 Å². The van der Waals surface area contributed by atoms with Crippen LogP contribution in [-0.2, 0) is 9.59 Å². The second-order valence-electron chi connectivity index (χ2n) is 4.78. The van der Waals surface area contributed by atoms with E-state index < -0.39 is 12.1 Å². The lowest BCUT2D eigenvalue weighted by Gasteiger charge is -2.18. The van der Waals surface area contributed by atoms with Crippen LogP contribution in [0.1, 0.15) is 32.4 Å². The van der Waals surface area contributed by atoms with Gasteiger partial charge in [-0.1, -0.05) is 30.3 Å². The minimum atomic E-state index is -0.768. The molecular weight excluding hydrogens is 242 g/mol. The van der Waals surface area contributed by atoms with Gasteiger partial charge in [-0.3, -0.25) is 9.59 Å². The summed E-state index contributed by atoms with van der Waals surface area (Å²) in [6, 6.07) is 7.71. The molecule has 2 atom stereocenters. The molecule has 0 aliphatic rings. The number of nitrogens with one attached hydrogen (secondary N) is 2. The van der Waals surface area contributed by atoms with Crippen LogP contribution in [0.4, 0.5) is 0 Å². The molecule has 1 unspecified atom stereocenters. The molecule has 1 rings (SSSR count). The lowest BCUT2D eigenvalue weighted by Crippen LogP contribution is -2.49. The molecule has 0 saturated heterocycles. The van der Waals surface area contributed by atoms with Crippen molar-refractivity contribution in [2.75, 3.05) is 0 Å². The molecule has 0 heterocycles. The third-order valence-corrected chi connectivity index (χ3v) is 2.62. The molecule has 19 heavy (non-hydrogen) atoms. The van der Waals surface area contributed by atoms with Crippen LogP contribution < -0.4 is 16.4 Å². The number of amides is 2. The van der Waals surface area contributed by atoms with Crippen LogP contribution in [0.25, 0.3) is 0 Å². The first-order valence-corrected chi connectivity index (χ1v) is 6.33. The molecule has 1 aromatic carbocycles. The Kier molecular flexibility index (Phi) is 5.51. The molecule has 0 aliphatic heterocycles. The first-order valence-electron chi connectivity index (χ1n) is 6.33. The Morgan fingerprint density at radius 1 is 1.00 bits per heavy atom. The van der Waals surface area contributed by atoms with Gasteiger partial charge in [0, 0.05) is 6.04 Å². The molecule has 0 spiro atoms. The molecule has 2 amide bonds. The van der Waals surface area contributed by atoms with E-state index in [1.54, 1.807) is 19.1 Å². The maximum Gasteiger partial charge on any atom is 0.242 e. The summed E-state index contributed by atoms with van der Waals surface area (Å²) in [5, 5.41) is 5.34. The number of nitrogens with two attached hydrogens (primary N) is 1. The molecule has 4 N–H and O–H groups in total. The molecule has 5 nitrogen and oxygen atoms in total. The second kappa shape index (κ2) is 6.89. The van der Waals surface area contributed by atoms with Gasteiger partial charge in [0.2, 0.25) is 11.8 Å². The zero-order valence-corrected chi connectivity index (χ0v) is 11.5. The lowest BCUT2D eigenvalue weighted by atomic mass is 10.1. The van der Waals surface area contributed by atoms with Gasteiger partial charge < -0.3 is 16.4 Å². The van der Waals surface area contributed by atoms with Crippen molar-refractivity contribution in [1.82, 2.24) is 10.6 Å². The molecule has 5 heteroatoms. The molecule has 0 fully saturated rings. The van der Waals surface area contributed by atoms with E-state index in [4.69, 9.17) is 5.73 Å². The van der Waals surface area contributed by atoms with Crippen LogP contribution in [0.5, 0.6) is 0 Å². The summed E-state index contributed by atoms with van der Waals surface area (Å²) in [5.74, 6) is -0.582. The third-order valence-electron chi connectivity index (χ3n) is 2.62. The molecule has 0 radical (unpaired) electrons. The number of hydrogen-bond acceptors (Lipinski definition) is 3. The topological polar surface area (TPSA) is 84.2 Å². The van der Waals surface area contributed by atoms with Crippen LogP contribution in [0.3, 0.4) is 0 Å². The van der Waals surface area contributed by atoms with Crippen molar-refractivity contribution in [2.24, 2.45) is 5.73 Å². The van der Waals surface area contributed by atoms with Gasteiger partial charge >= 0.3 is 0 Å². The molecular formula is C14H21N3O2. The van der Waals surface area contributed by atoms with Gasteiger partial charge in [-0.15, -0.1) is 0 Å². The van der Waals surface area contributed by atoms with E-state index in [1.807, 2.05) is 32.0 Å². The smallest absolute Gasteiger partial charge is 0.242 e. The summed E-state index contributed by atoms with van der Waals surface area (Å²) < 4.78 is 0. The van der Waals surface area contributed by atoms with E-state index in [2.05, 4.69) is 10.6 Å². The number of hydrogen-bond donors (Lipinski definition) is 3. The Labute approximate surface area is 113 Å². The highest BCUT2D eigenvalue weighted by Crippen LogP contribution is 2.09. The summed E-state index contributed by atoms with van der Waals surface area (Å²) in [6.45, 7) is 5.36. The van der Waals surface area contributed by atoms with E-state index in [-0.39, 0.29) is 17.9 Å². The molecule has 104 valence electrons. The lowest BCUT2D eigenvalue weighted by molar-refractivity contribution is -0.129. The van der Waals surface area contributed by atoms with E-state index in [1.165, 1.54) is 0 Å².